The first-order valence-corrected chi connectivity index (χ1v) is 8.05. The average molecular weight is 293 g/mol. The molecule has 0 heterocycles. The van der Waals surface area contributed by atoms with Gasteiger partial charge in [-0.1, -0.05) is 12.1 Å². The van der Waals surface area contributed by atoms with E-state index in [-0.39, 0.29) is 5.75 Å². The van der Waals surface area contributed by atoms with Crippen LogP contribution in [0.1, 0.15) is 5.56 Å². The Morgan fingerprint density at radius 3 is 2.00 bits per heavy atom. The summed E-state index contributed by atoms with van der Waals surface area (Å²) in [5.74, 6) is -0.284. The van der Waals surface area contributed by atoms with E-state index in [1.54, 1.807) is 0 Å². The van der Waals surface area contributed by atoms with Crippen molar-refractivity contribution in [3.63, 3.8) is 0 Å². The van der Waals surface area contributed by atoms with Gasteiger partial charge in [0, 0.05) is 19.8 Å². The summed E-state index contributed by atoms with van der Waals surface area (Å²) in [4.78, 5) is 0. The first kappa shape index (κ1) is 14.9. The smallest absolute Gasteiger partial charge is 0.271 e. The van der Waals surface area contributed by atoms with Crippen molar-refractivity contribution >= 4 is 25.9 Å². The quantitative estimate of drug-likeness (QED) is 0.776. The lowest BCUT2D eigenvalue weighted by atomic mass is 10.2. The van der Waals surface area contributed by atoms with Crippen LogP contribution in [0.15, 0.2) is 24.3 Å². The summed E-state index contributed by atoms with van der Waals surface area (Å²) in [5.41, 5.74) is 0.840. The molecule has 0 aromatic heterocycles. The van der Waals surface area contributed by atoms with Crippen molar-refractivity contribution in [2.45, 2.75) is 5.75 Å². The molecule has 0 saturated carbocycles. The maximum absolute atomic E-state index is 11.5. The van der Waals surface area contributed by atoms with Crippen LogP contribution in [0.25, 0.3) is 0 Å². The predicted octanol–water partition coefficient (Wildman–Crippen LogP) is -0.307. The monoisotopic (exact) mass is 293 g/mol. The van der Waals surface area contributed by atoms with E-state index in [4.69, 9.17) is 5.14 Å². The van der Waals surface area contributed by atoms with Crippen LogP contribution in [0.2, 0.25) is 0 Å². The van der Waals surface area contributed by atoms with Crippen LogP contribution in [-0.4, -0.2) is 35.2 Å². The van der Waals surface area contributed by atoms with Gasteiger partial charge in [0.15, 0.2) is 0 Å². The zero-order chi connectivity index (χ0) is 14.0. The number of nitrogens with zero attached hydrogens (tertiary/aromatic N) is 1. The number of rotatable bonds is 5. The molecule has 9 heteroatoms. The molecule has 0 aliphatic rings. The number of hydrogen-bond acceptors (Lipinski definition) is 4. The van der Waals surface area contributed by atoms with E-state index in [1.807, 2.05) is 0 Å². The second-order valence-corrected chi connectivity index (χ2v) is 7.39. The lowest BCUT2D eigenvalue weighted by Gasteiger charge is -2.13. The van der Waals surface area contributed by atoms with Gasteiger partial charge in [0.25, 0.3) is 0 Å². The molecule has 1 aromatic rings. The Balaban J connectivity index is 2.85. The lowest BCUT2D eigenvalue weighted by Crippen LogP contribution is -2.28. The fraction of sp³-hybridized carbons (Fsp3) is 0.333. The highest BCUT2D eigenvalue weighted by molar-refractivity contribution is 7.90. The molecular formula is C9H15N3O4S2. The number of benzene rings is 1. The molecule has 3 N–H and O–H groups in total. The summed E-state index contributed by atoms with van der Waals surface area (Å²) in [6.07, 6.45) is 0. The van der Waals surface area contributed by atoms with Gasteiger partial charge >= 0.3 is 10.2 Å². The Morgan fingerprint density at radius 2 is 1.61 bits per heavy atom. The third-order valence-corrected chi connectivity index (χ3v) is 4.24. The van der Waals surface area contributed by atoms with Gasteiger partial charge in [-0.3, -0.25) is 4.72 Å². The molecule has 0 unspecified atom stereocenters. The number of hydrogen-bond donors (Lipinski definition) is 2. The molecule has 0 fully saturated rings. The van der Waals surface area contributed by atoms with Crippen LogP contribution in [0.5, 0.6) is 0 Å². The van der Waals surface area contributed by atoms with E-state index in [9.17, 15) is 16.8 Å². The largest absolute Gasteiger partial charge is 0.301 e. The van der Waals surface area contributed by atoms with Crippen molar-refractivity contribution in [1.29, 1.82) is 0 Å². The van der Waals surface area contributed by atoms with E-state index in [0.29, 0.717) is 11.3 Å². The van der Waals surface area contributed by atoms with Crippen molar-refractivity contribution in [2.75, 3.05) is 18.8 Å². The fourth-order valence-electron chi connectivity index (χ4n) is 1.14. The first-order valence-electron chi connectivity index (χ1n) is 4.90. The van der Waals surface area contributed by atoms with Crippen molar-refractivity contribution in [1.82, 2.24) is 4.31 Å². The second-order valence-electron chi connectivity index (χ2n) is 3.89. The van der Waals surface area contributed by atoms with E-state index < -0.39 is 20.2 Å². The van der Waals surface area contributed by atoms with Crippen LogP contribution in [0.3, 0.4) is 0 Å². The van der Waals surface area contributed by atoms with Crippen molar-refractivity contribution in [3.8, 4) is 0 Å². The minimum Gasteiger partial charge on any atom is -0.271 e. The van der Waals surface area contributed by atoms with Crippen LogP contribution >= 0.6 is 0 Å². The lowest BCUT2D eigenvalue weighted by molar-refractivity contribution is 0.527. The minimum atomic E-state index is -3.59. The molecular weight excluding hydrogens is 278 g/mol. The van der Waals surface area contributed by atoms with Crippen molar-refractivity contribution in [2.24, 2.45) is 5.14 Å². The second kappa shape index (κ2) is 5.22. The molecule has 0 aliphatic heterocycles. The molecule has 1 aromatic carbocycles. The third kappa shape index (κ3) is 4.61. The van der Waals surface area contributed by atoms with Crippen molar-refractivity contribution < 1.29 is 16.8 Å². The molecule has 102 valence electrons. The topological polar surface area (TPSA) is 110 Å². The molecule has 0 aliphatic carbocycles. The predicted molar refractivity (Wildman–Crippen MR) is 69.5 cm³/mol. The summed E-state index contributed by atoms with van der Waals surface area (Å²) in [7, 11) is -4.34. The van der Waals surface area contributed by atoms with Gasteiger partial charge in [-0.25, -0.2) is 13.6 Å². The summed E-state index contributed by atoms with van der Waals surface area (Å²) in [5, 5.41) is 4.90. The van der Waals surface area contributed by atoms with Gasteiger partial charge in [-0.2, -0.15) is 12.7 Å². The molecule has 0 amide bonds. The highest BCUT2D eigenvalue weighted by Crippen LogP contribution is 2.13. The van der Waals surface area contributed by atoms with Crippen LogP contribution < -0.4 is 9.86 Å². The summed E-state index contributed by atoms with van der Waals surface area (Å²) in [6.45, 7) is 0. The average Bonchev–Trinajstić information content (AvgIpc) is 2.18. The maximum atomic E-state index is 11.5. The van der Waals surface area contributed by atoms with Crippen LogP contribution in [0, 0.1) is 0 Å². The molecule has 0 spiro atoms. The fourth-order valence-corrected chi connectivity index (χ4v) is 2.42. The normalized spacial score (nSPS) is 12.7. The third-order valence-electron chi connectivity index (χ3n) is 2.05. The molecule has 1 rings (SSSR count). The van der Waals surface area contributed by atoms with E-state index in [0.717, 1.165) is 4.31 Å². The number of sulfonamides is 1. The number of nitrogens with two attached hydrogens (primary N) is 1. The number of anilines is 1. The zero-order valence-electron chi connectivity index (χ0n) is 9.99. The molecule has 18 heavy (non-hydrogen) atoms. The highest BCUT2D eigenvalue weighted by atomic mass is 32.2. The first-order chi connectivity index (χ1) is 8.10. The minimum absolute atomic E-state index is 0.284. The molecule has 7 nitrogen and oxygen atoms in total. The van der Waals surface area contributed by atoms with Gasteiger partial charge in [-0.05, 0) is 17.7 Å². The van der Waals surface area contributed by atoms with E-state index in [1.165, 1.54) is 38.4 Å². The summed E-state index contributed by atoms with van der Waals surface area (Å²) >= 11 is 0. The number of primary sulfonamides is 1. The van der Waals surface area contributed by atoms with Crippen molar-refractivity contribution in [3.05, 3.63) is 29.8 Å². The van der Waals surface area contributed by atoms with Gasteiger partial charge in [0.2, 0.25) is 10.0 Å². The Hall–Kier alpha value is -1.16. The Labute approximate surface area is 107 Å². The maximum Gasteiger partial charge on any atom is 0.301 e. The van der Waals surface area contributed by atoms with Gasteiger partial charge in [0.1, 0.15) is 0 Å². The van der Waals surface area contributed by atoms with Gasteiger partial charge < -0.3 is 0 Å². The Kier molecular flexibility index (Phi) is 4.32. The zero-order valence-corrected chi connectivity index (χ0v) is 11.6. The highest BCUT2D eigenvalue weighted by Gasteiger charge is 2.13. The van der Waals surface area contributed by atoms with Gasteiger partial charge in [-0.15, -0.1) is 0 Å². The molecule has 0 bridgehead atoms. The van der Waals surface area contributed by atoms with E-state index >= 15 is 0 Å². The molecule has 0 radical (unpaired) electrons. The van der Waals surface area contributed by atoms with E-state index in [2.05, 4.69) is 4.72 Å². The standard InChI is InChI=1S/C9H15N3O4S2/c1-12(2)18(15,16)11-9-5-3-8(4-6-9)7-17(10,13)14/h3-6,11H,7H2,1-2H3,(H2,10,13,14). The van der Waals surface area contributed by atoms with Crippen LogP contribution in [-0.2, 0) is 26.0 Å². The molecule has 0 atom stereocenters. The Bertz CT molecular complexity index is 606. The Morgan fingerprint density at radius 1 is 1.11 bits per heavy atom. The molecule has 0 saturated heterocycles. The summed E-state index contributed by atoms with van der Waals surface area (Å²) in [6, 6.07) is 5.94. The van der Waals surface area contributed by atoms with Gasteiger partial charge in [0.05, 0.1) is 5.75 Å². The number of nitrogens with one attached hydrogen (secondary N) is 1. The van der Waals surface area contributed by atoms with Crippen LogP contribution in [0.4, 0.5) is 5.69 Å². The SMILES string of the molecule is CN(C)S(=O)(=O)Nc1ccc(CS(N)(=O)=O)cc1. The summed E-state index contributed by atoms with van der Waals surface area (Å²) < 4.78 is 48.1.